The first-order valence-corrected chi connectivity index (χ1v) is 7.57. The van der Waals surface area contributed by atoms with Gasteiger partial charge in [-0.05, 0) is 34.5 Å². The third-order valence-corrected chi connectivity index (χ3v) is 3.61. The standard InChI is InChI=1S/C10H12BrNO3S/c1-16(14,15)7-3-5-9(13)10-8(11)4-2-6-12-10/h2,4,6H,3,5,7H2,1H3. The number of pyridine rings is 1. The van der Waals surface area contributed by atoms with E-state index >= 15 is 0 Å². The molecule has 0 spiro atoms. The van der Waals surface area contributed by atoms with Gasteiger partial charge in [0.1, 0.15) is 15.5 Å². The Morgan fingerprint density at radius 1 is 1.50 bits per heavy atom. The summed E-state index contributed by atoms with van der Waals surface area (Å²) in [5.74, 6) is -0.112. The van der Waals surface area contributed by atoms with Gasteiger partial charge in [-0.2, -0.15) is 0 Å². The molecule has 88 valence electrons. The van der Waals surface area contributed by atoms with E-state index < -0.39 is 9.84 Å². The van der Waals surface area contributed by atoms with Gasteiger partial charge >= 0.3 is 0 Å². The zero-order valence-electron chi connectivity index (χ0n) is 8.81. The molecule has 16 heavy (non-hydrogen) atoms. The van der Waals surface area contributed by atoms with E-state index in [9.17, 15) is 13.2 Å². The molecule has 6 heteroatoms. The number of carbonyl (C=O) groups excluding carboxylic acids is 1. The average molecular weight is 306 g/mol. The van der Waals surface area contributed by atoms with Crippen molar-refractivity contribution in [1.82, 2.24) is 4.98 Å². The van der Waals surface area contributed by atoms with Gasteiger partial charge in [0.25, 0.3) is 0 Å². The van der Waals surface area contributed by atoms with Crippen molar-refractivity contribution in [3.8, 4) is 0 Å². The Labute approximate surface area is 103 Å². The summed E-state index contributed by atoms with van der Waals surface area (Å²) in [6, 6.07) is 3.45. The van der Waals surface area contributed by atoms with Crippen LogP contribution >= 0.6 is 15.9 Å². The third kappa shape index (κ3) is 4.40. The van der Waals surface area contributed by atoms with Gasteiger partial charge in [0.2, 0.25) is 0 Å². The minimum Gasteiger partial charge on any atom is -0.292 e. The Hall–Kier alpha value is -0.750. The van der Waals surface area contributed by atoms with Crippen LogP contribution in [0.2, 0.25) is 0 Å². The molecule has 0 atom stereocenters. The molecule has 0 aliphatic carbocycles. The minimum absolute atomic E-state index is 0.0309. The molecule has 0 N–H and O–H groups in total. The normalized spacial score (nSPS) is 11.4. The summed E-state index contributed by atoms with van der Waals surface area (Å²) in [4.78, 5) is 15.6. The van der Waals surface area contributed by atoms with Gasteiger partial charge in [-0.25, -0.2) is 8.42 Å². The molecule has 0 radical (unpaired) electrons. The van der Waals surface area contributed by atoms with E-state index in [2.05, 4.69) is 20.9 Å². The molecule has 1 aromatic rings. The van der Waals surface area contributed by atoms with Crippen LogP contribution in [0.5, 0.6) is 0 Å². The zero-order valence-corrected chi connectivity index (χ0v) is 11.2. The maximum atomic E-state index is 11.7. The molecule has 4 nitrogen and oxygen atoms in total. The molecule has 0 aliphatic heterocycles. The van der Waals surface area contributed by atoms with Gasteiger partial charge in [0.05, 0.1) is 5.75 Å². The first-order chi connectivity index (χ1) is 7.40. The van der Waals surface area contributed by atoms with Crippen LogP contribution < -0.4 is 0 Å². The molecule has 0 aromatic carbocycles. The number of Topliss-reactive ketones (excluding diaryl/α,β-unsaturated/α-hetero) is 1. The number of aromatic nitrogens is 1. The third-order valence-electron chi connectivity index (χ3n) is 1.94. The second kappa shape index (κ2) is 5.54. The molecule has 1 aromatic heterocycles. The summed E-state index contributed by atoms with van der Waals surface area (Å²) in [6.45, 7) is 0. The second-order valence-electron chi connectivity index (χ2n) is 3.49. The van der Waals surface area contributed by atoms with Gasteiger partial charge in [0.15, 0.2) is 5.78 Å². The quantitative estimate of drug-likeness (QED) is 0.779. The summed E-state index contributed by atoms with van der Waals surface area (Å²) in [5.41, 5.74) is 0.357. The number of ketones is 1. The van der Waals surface area contributed by atoms with E-state index in [0.717, 1.165) is 6.26 Å². The fourth-order valence-electron chi connectivity index (χ4n) is 1.20. The van der Waals surface area contributed by atoms with Crippen LogP contribution in [0.1, 0.15) is 23.3 Å². The summed E-state index contributed by atoms with van der Waals surface area (Å²) in [5, 5.41) is 0. The Bertz CT molecular complexity index is 485. The average Bonchev–Trinajstić information content (AvgIpc) is 2.16. The molecule has 1 rings (SSSR count). The predicted molar refractivity (Wildman–Crippen MR) is 65.2 cm³/mol. The molecular weight excluding hydrogens is 294 g/mol. The summed E-state index contributed by atoms with van der Waals surface area (Å²) < 4.78 is 22.4. The van der Waals surface area contributed by atoms with Crippen molar-refractivity contribution in [1.29, 1.82) is 0 Å². The molecule has 0 bridgehead atoms. The van der Waals surface area contributed by atoms with Crippen molar-refractivity contribution in [2.24, 2.45) is 0 Å². The molecule has 0 saturated heterocycles. The summed E-state index contributed by atoms with van der Waals surface area (Å²) >= 11 is 3.23. The fourth-order valence-corrected chi connectivity index (χ4v) is 2.35. The van der Waals surface area contributed by atoms with E-state index in [1.165, 1.54) is 6.20 Å². The molecule has 0 aliphatic rings. The number of sulfone groups is 1. The first kappa shape index (κ1) is 13.3. The van der Waals surface area contributed by atoms with Gasteiger partial charge < -0.3 is 0 Å². The topological polar surface area (TPSA) is 64.1 Å². The van der Waals surface area contributed by atoms with Crippen LogP contribution in [-0.2, 0) is 9.84 Å². The number of carbonyl (C=O) groups is 1. The molecule has 0 unspecified atom stereocenters. The fraction of sp³-hybridized carbons (Fsp3) is 0.400. The van der Waals surface area contributed by atoms with E-state index in [1.54, 1.807) is 12.1 Å². The number of hydrogen-bond acceptors (Lipinski definition) is 4. The van der Waals surface area contributed by atoms with Gasteiger partial charge in [0, 0.05) is 23.3 Å². The Balaban J connectivity index is 2.57. The summed E-state index contributed by atoms with van der Waals surface area (Å²) in [6.07, 6.45) is 3.23. The number of rotatable bonds is 5. The Kier molecular flexibility index (Phi) is 4.61. The molecule has 1 heterocycles. The monoisotopic (exact) mass is 305 g/mol. The molecule has 0 amide bonds. The maximum absolute atomic E-state index is 11.7. The van der Waals surface area contributed by atoms with E-state index in [-0.39, 0.29) is 18.0 Å². The van der Waals surface area contributed by atoms with E-state index in [0.29, 0.717) is 16.6 Å². The maximum Gasteiger partial charge on any atom is 0.182 e. The predicted octanol–water partition coefficient (Wildman–Crippen LogP) is 1.85. The minimum atomic E-state index is -3.00. The number of halogens is 1. The Morgan fingerprint density at radius 3 is 2.75 bits per heavy atom. The lowest BCUT2D eigenvalue weighted by Crippen LogP contribution is -2.08. The van der Waals surface area contributed by atoms with Gasteiger partial charge in [-0.15, -0.1) is 0 Å². The van der Waals surface area contributed by atoms with Gasteiger partial charge in [-0.1, -0.05) is 0 Å². The lowest BCUT2D eigenvalue weighted by atomic mass is 10.1. The smallest absolute Gasteiger partial charge is 0.182 e. The van der Waals surface area contributed by atoms with Crippen LogP contribution in [0.4, 0.5) is 0 Å². The highest BCUT2D eigenvalue weighted by atomic mass is 79.9. The zero-order chi connectivity index (χ0) is 12.2. The van der Waals surface area contributed by atoms with Crippen LogP contribution in [0.25, 0.3) is 0 Å². The Morgan fingerprint density at radius 2 is 2.19 bits per heavy atom. The highest BCUT2D eigenvalue weighted by Gasteiger charge is 2.12. The lowest BCUT2D eigenvalue weighted by Gasteiger charge is -2.01. The molecule has 0 fully saturated rings. The van der Waals surface area contributed by atoms with Crippen LogP contribution in [0.15, 0.2) is 22.8 Å². The highest BCUT2D eigenvalue weighted by molar-refractivity contribution is 9.10. The van der Waals surface area contributed by atoms with Crippen molar-refractivity contribution in [2.75, 3.05) is 12.0 Å². The first-order valence-electron chi connectivity index (χ1n) is 4.71. The molecular formula is C10H12BrNO3S. The van der Waals surface area contributed by atoms with E-state index in [4.69, 9.17) is 0 Å². The van der Waals surface area contributed by atoms with Crippen LogP contribution in [0.3, 0.4) is 0 Å². The van der Waals surface area contributed by atoms with Crippen molar-refractivity contribution >= 4 is 31.6 Å². The van der Waals surface area contributed by atoms with Crippen LogP contribution in [-0.4, -0.2) is 31.2 Å². The van der Waals surface area contributed by atoms with Crippen molar-refractivity contribution < 1.29 is 13.2 Å². The van der Waals surface area contributed by atoms with Gasteiger partial charge in [-0.3, -0.25) is 9.78 Å². The number of hydrogen-bond donors (Lipinski definition) is 0. The lowest BCUT2D eigenvalue weighted by molar-refractivity contribution is 0.0976. The van der Waals surface area contributed by atoms with E-state index in [1.807, 2.05) is 0 Å². The number of nitrogens with zero attached hydrogens (tertiary/aromatic N) is 1. The van der Waals surface area contributed by atoms with Crippen molar-refractivity contribution in [3.63, 3.8) is 0 Å². The SMILES string of the molecule is CS(=O)(=O)CCCC(=O)c1ncccc1Br. The second-order valence-corrected chi connectivity index (χ2v) is 6.60. The summed E-state index contributed by atoms with van der Waals surface area (Å²) in [7, 11) is -3.00. The van der Waals surface area contributed by atoms with Crippen molar-refractivity contribution in [3.05, 3.63) is 28.5 Å². The van der Waals surface area contributed by atoms with Crippen molar-refractivity contribution in [2.45, 2.75) is 12.8 Å². The highest BCUT2D eigenvalue weighted by Crippen LogP contribution is 2.15. The van der Waals surface area contributed by atoms with Crippen LogP contribution in [0, 0.1) is 0 Å². The molecule has 0 saturated carbocycles. The largest absolute Gasteiger partial charge is 0.292 e.